The average molecular weight is 791 g/mol. The van der Waals surface area contributed by atoms with E-state index in [1.165, 1.54) is 4.90 Å². The number of carbonyl (C=O) groups excluding carboxylic acids is 5. The van der Waals surface area contributed by atoms with Crippen LogP contribution in [0, 0.1) is 5.92 Å². The van der Waals surface area contributed by atoms with Gasteiger partial charge in [0.25, 0.3) is 11.8 Å². The molecular weight excluding hydrogens is 741 g/mol. The average Bonchev–Trinajstić information content (AvgIpc) is 4.11. The number of rotatable bonds is 3. The van der Waals surface area contributed by atoms with E-state index in [0.717, 1.165) is 37.7 Å². The number of nitrogens with zero attached hydrogens (tertiary/aromatic N) is 2. The summed E-state index contributed by atoms with van der Waals surface area (Å²) in [4.78, 5) is 75.2. The molecule has 4 N–H and O–H groups in total. The molecule has 5 amide bonds. The van der Waals surface area contributed by atoms with Gasteiger partial charge in [-0.1, -0.05) is 43.2 Å². The van der Waals surface area contributed by atoms with E-state index in [9.17, 15) is 32.4 Å². The Balaban J connectivity index is 1.18. The zero-order valence-electron chi connectivity index (χ0n) is 31.4. The van der Waals surface area contributed by atoms with Crippen LogP contribution in [-0.4, -0.2) is 96.7 Å². The number of aromatic nitrogens is 1. The Morgan fingerprint density at radius 2 is 1.62 bits per heavy atom. The van der Waals surface area contributed by atoms with Gasteiger partial charge in [0.15, 0.2) is 0 Å². The van der Waals surface area contributed by atoms with Crippen LogP contribution in [0.2, 0.25) is 0 Å². The van der Waals surface area contributed by atoms with Crippen LogP contribution in [0.3, 0.4) is 0 Å². The number of fused-ring (bicyclic) bond motifs is 8. The largest absolute Gasteiger partial charge is 0.494 e. The highest BCUT2D eigenvalue weighted by molar-refractivity contribution is 7.91. The van der Waals surface area contributed by atoms with Crippen molar-refractivity contribution >= 4 is 39.7 Å². The first-order valence-corrected chi connectivity index (χ1v) is 21.4. The highest BCUT2D eigenvalue weighted by atomic mass is 32.2. The standard InChI is InChI=1S/C40H50N6O9S/c47-35-32-17-11-16-31(42-32)26-12-10-14-29(22-26)54-20-8-4-5-9-21-55-39(51)43-33-15-7-3-1-2-6-13-27-24-40(27,38(50)45-56(52,53)30-18-19-30)44-36(48)34-23-28(41-35)25-46(34)37(33)49/h6,10-14,16-17,22,27-28,30,33-34H,1-5,7-9,15,18-21,23-25H2,(H,41,47)(H,43,51)(H,44,48)(H,45,50)/b13-6-/t27-,28-,33+,34+,40?/m1/s1. The van der Waals surface area contributed by atoms with Crippen molar-refractivity contribution < 1.29 is 41.9 Å². The molecule has 1 saturated heterocycles. The van der Waals surface area contributed by atoms with Crippen LogP contribution in [0.25, 0.3) is 11.3 Å². The van der Waals surface area contributed by atoms with Crippen molar-refractivity contribution in [3.63, 3.8) is 0 Å². The predicted molar refractivity (Wildman–Crippen MR) is 205 cm³/mol. The zero-order chi connectivity index (χ0) is 39.3. The van der Waals surface area contributed by atoms with Gasteiger partial charge >= 0.3 is 6.09 Å². The third-order valence-corrected chi connectivity index (χ3v) is 13.0. The lowest BCUT2D eigenvalue weighted by Gasteiger charge is -2.30. The number of carbonyl (C=O) groups is 5. The lowest BCUT2D eigenvalue weighted by molar-refractivity contribution is -0.141. The maximum atomic E-state index is 14.4. The van der Waals surface area contributed by atoms with Crippen LogP contribution in [-0.2, 0) is 29.1 Å². The molecule has 300 valence electrons. The van der Waals surface area contributed by atoms with Crippen LogP contribution >= 0.6 is 0 Å². The fourth-order valence-electron chi connectivity index (χ4n) is 7.73. The molecule has 5 aliphatic rings. The number of pyridine rings is 1. The molecule has 3 fully saturated rings. The fourth-order valence-corrected chi connectivity index (χ4v) is 9.09. The quantitative estimate of drug-likeness (QED) is 0.334. The van der Waals surface area contributed by atoms with Crippen LogP contribution in [0.15, 0.2) is 54.6 Å². The molecule has 1 aromatic carbocycles. The number of hydrogen-bond donors (Lipinski definition) is 4. The highest BCUT2D eigenvalue weighted by Gasteiger charge is 2.62. The molecule has 7 bridgehead atoms. The summed E-state index contributed by atoms with van der Waals surface area (Å²) in [5.74, 6) is -2.28. The van der Waals surface area contributed by atoms with E-state index in [4.69, 9.17) is 9.47 Å². The lowest BCUT2D eigenvalue weighted by atomic mass is 10.0. The number of allylic oxidation sites excluding steroid dienone is 1. The van der Waals surface area contributed by atoms with Gasteiger partial charge in [0.1, 0.15) is 29.1 Å². The molecule has 2 aromatic rings. The molecule has 0 spiro atoms. The smallest absolute Gasteiger partial charge is 0.407 e. The van der Waals surface area contributed by atoms with Crippen molar-refractivity contribution in [3.8, 4) is 17.0 Å². The van der Waals surface area contributed by atoms with E-state index < -0.39 is 74.6 Å². The molecule has 16 heteroatoms. The minimum Gasteiger partial charge on any atom is -0.494 e. The zero-order valence-corrected chi connectivity index (χ0v) is 32.2. The molecule has 56 heavy (non-hydrogen) atoms. The van der Waals surface area contributed by atoms with Crippen molar-refractivity contribution in [2.24, 2.45) is 5.92 Å². The van der Waals surface area contributed by atoms with Crippen LogP contribution < -0.4 is 25.4 Å². The van der Waals surface area contributed by atoms with Crippen LogP contribution in [0.4, 0.5) is 4.79 Å². The number of benzene rings is 1. The first-order chi connectivity index (χ1) is 27.0. The van der Waals surface area contributed by atoms with Gasteiger partial charge in [-0.2, -0.15) is 0 Å². The van der Waals surface area contributed by atoms with Crippen molar-refractivity contribution in [3.05, 3.63) is 60.3 Å². The van der Waals surface area contributed by atoms with Gasteiger partial charge in [0.2, 0.25) is 21.8 Å². The van der Waals surface area contributed by atoms with E-state index in [-0.39, 0.29) is 31.7 Å². The monoisotopic (exact) mass is 790 g/mol. The van der Waals surface area contributed by atoms with Gasteiger partial charge in [0.05, 0.1) is 24.2 Å². The van der Waals surface area contributed by atoms with Crippen LogP contribution in [0.5, 0.6) is 5.75 Å². The SMILES string of the molecule is O=C1N[C@H]2CCCCC/C=C\[C@@H]3CC3(C(=O)NS(=O)(=O)C3CC3)NC(=O)[C@@H]3C[C@H](CN3C2=O)NC(=O)c2cccc(n2)-c2cccc(c2)OCCCCCCO1. The van der Waals surface area contributed by atoms with Gasteiger partial charge < -0.3 is 30.3 Å². The number of ether oxygens (including phenoxy) is 2. The minimum atomic E-state index is -3.91. The summed E-state index contributed by atoms with van der Waals surface area (Å²) < 4.78 is 39.3. The number of nitrogens with one attached hydrogen (secondary N) is 4. The van der Waals surface area contributed by atoms with Crippen LogP contribution in [0.1, 0.15) is 94.0 Å². The third kappa shape index (κ3) is 9.33. The number of amides is 5. The second-order valence-electron chi connectivity index (χ2n) is 15.5. The summed E-state index contributed by atoms with van der Waals surface area (Å²) in [6.07, 6.45) is 10.4. The third-order valence-electron chi connectivity index (χ3n) is 11.2. The van der Waals surface area contributed by atoms with Gasteiger partial charge in [-0.15, -0.1) is 0 Å². The van der Waals surface area contributed by atoms with Crippen molar-refractivity contribution in [2.75, 3.05) is 19.8 Å². The number of hydrogen-bond acceptors (Lipinski definition) is 10. The summed E-state index contributed by atoms with van der Waals surface area (Å²) in [5.41, 5.74) is -0.0645. The molecule has 5 atom stereocenters. The molecule has 4 heterocycles. The summed E-state index contributed by atoms with van der Waals surface area (Å²) in [6.45, 7) is 0.611. The Bertz CT molecular complexity index is 1970. The summed E-state index contributed by atoms with van der Waals surface area (Å²) in [5, 5.41) is 7.89. The Morgan fingerprint density at radius 1 is 0.875 bits per heavy atom. The number of alkyl carbamates (subject to hydrolysis) is 1. The molecule has 7 rings (SSSR count). The maximum Gasteiger partial charge on any atom is 0.407 e. The van der Waals surface area contributed by atoms with E-state index in [1.807, 2.05) is 36.4 Å². The van der Waals surface area contributed by atoms with Gasteiger partial charge in [0, 0.05) is 24.1 Å². The molecule has 2 saturated carbocycles. The van der Waals surface area contributed by atoms with Gasteiger partial charge in [-0.25, -0.2) is 18.2 Å². The van der Waals surface area contributed by atoms with E-state index >= 15 is 0 Å². The molecule has 15 nitrogen and oxygen atoms in total. The maximum absolute atomic E-state index is 14.4. The Kier molecular flexibility index (Phi) is 11.9. The van der Waals surface area contributed by atoms with Crippen molar-refractivity contribution in [1.29, 1.82) is 0 Å². The second kappa shape index (κ2) is 17.0. The molecule has 3 aliphatic heterocycles. The summed E-state index contributed by atoms with van der Waals surface area (Å²) >= 11 is 0. The Morgan fingerprint density at radius 3 is 2.43 bits per heavy atom. The molecule has 2 aliphatic carbocycles. The Hall–Kier alpha value is -4.99. The normalized spacial score (nSPS) is 28.8. The lowest BCUT2D eigenvalue weighted by Crippen LogP contribution is -2.58. The van der Waals surface area contributed by atoms with E-state index in [1.54, 1.807) is 18.2 Å². The summed E-state index contributed by atoms with van der Waals surface area (Å²) in [7, 11) is -3.91. The summed E-state index contributed by atoms with van der Waals surface area (Å²) in [6, 6.07) is 9.70. The Labute approximate surface area is 326 Å². The van der Waals surface area contributed by atoms with Gasteiger partial charge in [-0.3, -0.25) is 23.9 Å². The van der Waals surface area contributed by atoms with E-state index in [0.29, 0.717) is 56.6 Å². The van der Waals surface area contributed by atoms with Crippen molar-refractivity contribution in [2.45, 2.75) is 112 Å². The minimum absolute atomic E-state index is 0.00185. The highest BCUT2D eigenvalue weighted by Crippen LogP contribution is 2.46. The topological polar surface area (TPSA) is 202 Å². The first kappa shape index (κ1) is 39.3. The van der Waals surface area contributed by atoms with Gasteiger partial charge in [-0.05, 0) is 94.9 Å². The number of sulfonamides is 1. The number of cyclic esters (lactones) is 1. The molecular formula is C40H50N6O9S. The molecule has 1 unspecified atom stereocenters. The van der Waals surface area contributed by atoms with Crippen molar-refractivity contribution in [1.82, 2.24) is 30.6 Å². The molecule has 1 aromatic heterocycles. The molecule has 0 radical (unpaired) electrons. The first-order valence-electron chi connectivity index (χ1n) is 19.8. The predicted octanol–water partition coefficient (Wildman–Crippen LogP) is 3.50. The second-order valence-corrected chi connectivity index (χ2v) is 17.4. The fraction of sp³-hybridized carbons (Fsp3) is 0.550. The van der Waals surface area contributed by atoms with E-state index in [2.05, 4.69) is 25.7 Å².